The highest BCUT2D eigenvalue weighted by molar-refractivity contribution is 5.86. The van der Waals surface area contributed by atoms with E-state index >= 15 is 0 Å². The molecule has 1 aromatic carbocycles. The monoisotopic (exact) mass is 429 g/mol. The number of para-hydroxylation sites is 1. The van der Waals surface area contributed by atoms with Crippen LogP contribution in [-0.4, -0.2) is 57.3 Å². The predicted octanol–water partition coefficient (Wildman–Crippen LogP) is 2.96. The minimum absolute atomic E-state index is 0.0555. The topological polar surface area (TPSA) is 100 Å². The minimum atomic E-state index is 0.0555. The summed E-state index contributed by atoms with van der Waals surface area (Å²) in [5, 5.41) is 16.7. The van der Waals surface area contributed by atoms with Crippen LogP contribution in [0.3, 0.4) is 0 Å². The third kappa shape index (κ3) is 4.22. The van der Waals surface area contributed by atoms with E-state index in [1.54, 1.807) is 6.20 Å². The van der Waals surface area contributed by atoms with Crippen molar-refractivity contribution in [2.45, 2.75) is 13.3 Å². The molecule has 1 aliphatic heterocycles. The van der Waals surface area contributed by atoms with Crippen molar-refractivity contribution < 1.29 is 9.32 Å². The molecule has 0 atom stereocenters. The van der Waals surface area contributed by atoms with Gasteiger partial charge < -0.3 is 19.6 Å². The molecule has 1 amide bonds. The molecule has 3 aromatic heterocycles. The van der Waals surface area contributed by atoms with Crippen LogP contribution in [0.2, 0.25) is 0 Å². The quantitative estimate of drug-likeness (QED) is 0.517. The van der Waals surface area contributed by atoms with Crippen LogP contribution in [0, 0.1) is 6.92 Å². The lowest BCUT2D eigenvalue weighted by molar-refractivity contribution is -0.130. The number of hydrogen-bond donors (Lipinski definition) is 1. The maximum absolute atomic E-state index is 12.8. The van der Waals surface area contributed by atoms with Crippen LogP contribution >= 0.6 is 0 Å². The molecule has 0 saturated carbocycles. The van der Waals surface area contributed by atoms with Gasteiger partial charge in [-0.1, -0.05) is 23.4 Å². The van der Waals surface area contributed by atoms with Gasteiger partial charge in [0.15, 0.2) is 17.2 Å². The number of carbonyl (C=O) groups excluding carboxylic acids is 1. The summed E-state index contributed by atoms with van der Waals surface area (Å²) < 4.78 is 5.31. The van der Waals surface area contributed by atoms with Crippen molar-refractivity contribution in [2.75, 3.05) is 36.4 Å². The summed E-state index contributed by atoms with van der Waals surface area (Å²) in [7, 11) is 0. The summed E-state index contributed by atoms with van der Waals surface area (Å²) >= 11 is 0. The third-order valence-corrected chi connectivity index (χ3v) is 5.55. The summed E-state index contributed by atoms with van der Waals surface area (Å²) in [6.45, 7) is 4.65. The van der Waals surface area contributed by atoms with Crippen molar-refractivity contribution in [2.24, 2.45) is 0 Å². The van der Waals surface area contributed by atoms with Crippen molar-refractivity contribution in [3.05, 3.63) is 66.0 Å². The molecule has 9 nitrogen and oxygen atoms in total. The average Bonchev–Trinajstić information content (AvgIpc) is 3.24. The van der Waals surface area contributed by atoms with Crippen LogP contribution in [0.4, 0.5) is 17.5 Å². The molecular formula is C23H23N7O2. The number of hydrogen-bond acceptors (Lipinski definition) is 8. The molecule has 9 heteroatoms. The fourth-order valence-electron chi connectivity index (χ4n) is 3.74. The van der Waals surface area contributed by atoms with E-state index in [4.69, 9.17) is 4.52 Å². The van der Waals surface area contributed by atoms with E-state index in [-0.39, 0.29) is 12.3 Å². The molecule has 0 unspecified atom stereocenters. The number of nitrogens with one attached hydrogen (secondary N) is 1. The highest BCUT2D eigenvalue weighted by atomic mass is 16.5. The minimum Gasteiger partial charge on any atom is -0.356 e. The lowest BCUT2D eigenvalue weighted by atomic mass is 10.1. The number of rotatable bonds is 5. The Kier molecular flexibility index (Phi) is 5.37. The Morgan fingerprint density at radius 1 is 1.00 bits per heavy atom. The normalized spacial score (nSPS) is 14.0. The number of aryl methyl sites for hydroxylation is 1. The van der Waals surface area contributed by atoms with Crippen LogP contribution in [0.15, 0.2) is 59.3 Å². The van der Waals surface area contributed by atoms with E-state index in [0.29, 0.717) is 43.3 Å². The van der Waals surface area contributed by atoms with Gasteiger partial charge in [0.25, 0.3) is 0 Å². The lowest BCUT2D eigenvalue weighted by Gasteiger charge is -2.35. The molecule has 0 aliphatic carbocycles. The summed E-state index contributed by atoms with van der Waals surface area (Å²) in [5.74, 6) is 2.21. The highest BCUT2D eigenvalue weighted by Crippen LogP contribution is 2.20. The summed E-state index contributed by atoms with van der Waals surface area (Å²) in [5.41, 5.74) is 2.49. The van der Waals surface area contributed by atoms with Crippen LogP contribution in [-0.2, 0) is 11.2 Å². The summed E-state index contributed by atoms with van der Waals surface area (Å²) in [6, 6.07) is 15.3. The van der Waals surface area contributed by atoms with Crippen LogP contribution in [0.25, 0.3) is 11.0 Å². The van der Waals surface area contributed by atoms with Gasteiger partial charge in [0.2, 0.25) is 5.91 Å². The molecule has 162 valence electrons. The Morgan fingerprint density at radius 2 is 1.81 bits per heavy atom. The number of aromatic nitrogens is 4. The average molecular weight is 429 g/mol. The van der Waals surface area contributed by atoms with Crippen LogP contribution in [0.5, 0.6) is 0 Å². The third-order valence-electron chi connectivity index (χ3n) is 5.55. The first kappa shape index (κ1) is 19.9. The highest BCUT2D eigenvalue weighted by Gasteiger charge is 2.23. The van der Waals surface area contributed by atoms with Crippen molar-refractivity contribution in [1.29, 1.82) is 0 Å². The molecule has 32 heavy (non-hydrogen) atoms. The van der Waals surface area contributed by atoms with Gasteiger partial charge in [0.1, 0.15) is 11.5 Å². The maximum Gasteiger partial charge on any atom is 0.228 e. The number of amides is 1. The number of pyridine rings is 1. The van der Waals surface area contributed by atoms with E-state index in [9.17, 15) is 4.79 Å². The molecule has 5 rings (SSSR count). The SMILES string of the molecule is Cc1ccc(Nc2ccc(N3CCN(C(=O)Cc4noc5ccccc45)CC3)nn2)nc1. The standard InChI is InChI=1S/C23H23N7O2/c1-16-6-7-20(24-15-16)25-21-8-9-22(27-26-21)29-10-12-30(13-11-29)23(31)14-18-17-4-2-3-5-19(17)32-28-18/h2-9,15H,10-14H2,1H3,(H,24,25,26). The zero-order valence-corrected chi connectivity index (χ0v) is 17.7. The Hall–Kier alpha value is -4.01. The smallest absolute Gasteiger partial charge is 0.228 e. The van der Waals surface area contributed by atoms with Gasteiger partial charge in [-0.25, -0.2) is 4.98 Å². The lowest BCUT2D eigenvalue weighted by Crippen LogP contribution is -2.49. The summed E-state index contributed by atoms with van der Waals surface area (Å²) in [6.07, 6.45) is 2.04. The second-order valence-electron chi connectivity index (χ2n) is 7.79. The Morgan fingerprint density at radius 3 is 2.56 bits per heavy atom. The Balaban J connectivity index is 1.16. The first-order valence-electron chi connectivity index (χ1n) is 10.6. The molecular weight excluding hydrogens is 406 g/mol. The van der Waals surface area contributed by atoms with E-state index in [1.165, 1.54) is 0 Å². The zero-order valence-electron chi connectivity index (χ0n) is 17.7. The number of anilines is 3. The molecule has 1 N–H and O–H groups in total. The number of fused-ring (bicyclic) bond motifs is 1. The number of piperazine rings is 1. The van der Waals surface area contributed by atoms with E-state index in [2.05, 4.69) is 30.6 Å². The van der Waals surface area contributed by atoms with Crippen LogP contribution in [0.1, 0.15) is 11.3 Å². The van der Waals surface area contributed by atoms with Gasteiger partial charge >= 0.3 is 0 Å². The zero-order chi connectivity index (χ0) is 21.9. The largest absolute Gasteiger partial charge is 0.356 e. The molecule has 4 aromatic rings. The molecule has 1 saturated heterocycles. The summed E-state index contributed by atoms with van der Waals surface area (Å²) in [4.78, 5) is 21.1. The number of nitrogens with zero attached hydrogens (tertiary/aromatic N) is 6. The second-order valence-corrected chi connectivity index (χ2v) is 7.79. The second kappa shape index (κ2) is 8.62. The first-order chi connectivity index (χ1) is 15.7. The molecule has 0 spiro atoms. The predicted molar refractivity (Wildman–Crippen MR) is 121 cm³/mol. The number of carbonyl (C=O) groups is 1. The van der Waals surface area contributed by atoms with E-state index in [0.717, 1.165) is 22.6 Å². The van der Waals surface area contributed by atoms with E-state index < -0.39 is 0 Å². The number of benzene rings is 1. The molecule has 1 fully saturated rings. The first-order valence-corrected chi connectivity index (χ1v) is 10.6. The maximum atomic E-state index is 12.8. The molecule has 1 aliphatic rings. The molecule has 0 bridgehead atoms. The molecule has 0 radical (unpaired) electrons. The van der Waals surface area contributed by atoms with Gasteiger partial charge in [-0.2, -0.15) is 0 Å². The molecule has 4 heterocycles. The Labute approximate surface area is 185 Å². The van der Waals surface area contributed by atoms with Gasteiger partial charge in [-0.15, -0.1) is 10.2 Å². The van der Waals surface area contributed by atoms with Crippen molar-refractivity contribution in [3.63, 3.8) is 0 Å². The Bertz CT molecular complexity index is 1210. The van der Waals surface area contributed by atoms with Crippen molar-refractivity contribution >= 4 is 34.3 Å². The fraction of sp³-hybridized carbons (Fsp3) is 0.261. The van der Waals surface area contributed by atoms with Crippen LogP contribution < -0.4 is 10.2 Å². The van der Waals surface area contributed by atoms with E-state index in [1.807, 2.05) is 60.4 Å². The van der Waals surface area contributed by atoms with Crippen molar-refractivity contribution in [3.8, 4) is 0 Å². The van der Waals surface area contributed by atoms with Crippen molar-refractivity contribution in [1.82, 2.24) is 25.2 Å². The fourth-order valence-corrected chi connectivity index (χ4v) is 3.74. The van der Waals surface area contributed by atoms with Gasteiger partial charge in [0.05, 0.1) is 6.42 Å². The van der Waals surface area contributed by atoms with Gasteiger partial charge in [-0.05, 0) is 42.8 Å². The van der Waals surface area contributed by atoms with Gasteiger partial charge in [0, 0.05) is 37.8 Å². The van der Waals surface area contributed by atoms with Gasteiger partial charge in [-0.3, -0.25) is 4.79 Å².